The predicted molar refractivity (Wildman–Crippen MR) is 74.5 cm³/mol. The zero-order valence-electron chi connectivity index (χ0n) is 9.58. The van der Waals surface area contributed by atoms with E-state index in [-0.39, 0.29) is 0 Å². The second kappa shape index (κ2) is 5.98. The van der Waals surface area contributed by atoms with E-state index in [0.29, 0.717) is 12.0 Å². The molecule has 2 atom stereocenters. The molecule has 0 saturated carbocycles. The van der Waals surface area contributed by atoms with Gasteiger partial charge in [-0.3, -0.25) is 0 Å². The highest BCUT2D eigenvalue weighted by Gasteiger charge is 2.24. The first-order chi connectivity index (χ1) is 7.81. The molecule has 88 valence electrons. The van der Waals surface area contributed by atoms with Gasteiger partial charge < -0.3 is 10.1 Å². The average Bonchev–Trinajstić information content (AvgIpc) is 2.31. The normalized spacial score (nSPS) is 23.0. The highest BCUT2D eigenvalue weighted by atomic mass is 127. The van der Waals surface area contributed by atoms with Gasteiger partial charge in [-0.15, -0.1) is 0 Å². The molecule has 1 fully saturated rings. The van der Waals surface area contributed by atoms with E-state index >= 15 is 0 Å². The molecule has 2 unspecified atom stereocenters. The van der Waals surface area contributed by atoms with Crippen LogP contribution in [0.5, 0.6) is 0 Å². The molecule has 2 nitrogen and oxygen atoms in total. The third-order valence-corrected chi connectivity index (χ3v) is 3.86. The minimum atomic E-state index is 0.426. The number of hydrogen-bond acceptors (Lipinski definition) is 2. The van der Waals surface area contributed by atoms with Crippen molar-refractivity contribution in [2.45, 2.75) is 18.9 Å². The number of rotatable bonds is 3. The fourth-order valence-electron chi connectivity index (χ4n) is 2.40. The Hall–Kier alpha value is -0.130. The van der Waals surface area contributed by atoms with Crippen LogP contribution in [0.15, 0.2) is 24.3 Å². The maximum Gasteiger partial charge on any atom is 0.0512 e. The number of ether oxygens (including phenoxy) is 1. The minimum Gasteiger partial charge on any atom is -0.381 e. The molecule has 0 aromatic heterocycles. The summed E-state index contributed by atoms with van der Waals surface area (Å²) in [6, 6.07) is 9.16. The molecular weight excluding hydrogens is 313 g/mol. The molecule has 0 radical (unpaired) electrons. The maximum absolute atomic E-state index is 5.57. The Morgan fingerprint density at radius 2 is 2.38 bits per heavy atom. The second-order valence-electron chi connectivity index (χ2n) is 4.30. The molecule has 1 saturated heterocycles. The molecule has 1 N–H and O–H groups in total. The SMILES string of the molecule is CNC(c1cccc(I)c1)C1CCCOC1. The fraction of sp³-hybridized carbons (Fsp3) is 0.538. The van der Waals surface area contributed by atoms with Crippen molar-refractivity contribution in [3.8, 4) is 0 Å². The van der Waals surface area contributed by atoms with Crippen molar-refractivity contribution < 1.29 is 4.74 Å². The number of benzene rings is 1. The Bertz CT molecular complexity index is 336. The summed E-state index contributed by atoms with van der Waals surface area (Å²) in [7, 11) is 2.04. The third kappa shape index (κ3) is 2.96. The van der Waals surface area contributed by atoms with Gasteiger partial charge in [-0.1, -0.05) is 12.1 Å². The molecule has 0 amide bonds. The van der Waals surface area contributed by atoms with Crippen LogP contribution < -0.4 is 5.32 Å². The van der Waals surface area contributed by atoms with Crippen molar-refractivity contribution in [1.29, 1.82) is 0 Å². The summed E-state index contributed by atoms with van der Waals surface area (Å²) in [5.41, 5.74) is 1.38. The zero-order chi connectivity index (χ0) is 11.4. The van der Waals surface area contributed by atoms with Crippen molar-refractivity contribution in [1.82, 2.24) is 5.32 Å². The average molecular weight is 331 g/mol. The summed E-state index contributed by atoms with van der Waals surface area (Å²) in [5, 5.41) is 3.43. The van der Waals surface area contributed by atoms with Crippen molar-refractivity contribution >= 4 is 22.6 Å². The second-order valence-corrected chi connectivity index (χ2v) is 5.54. The molecule has 3 heteroatoms. The molecule has 0 bridgehead atoms. The van der Waals surface area contributed by atoms with Gasteiger partial charge in [0.25, 0.3) is 0 Å². The van der Waals surface area contributed by atoms with Crippen LogP contribution in [0, 0.1) is 9.49 Å². The van der Waals surface area contributed by atoms with Crippen LogP contribution in [0.25, 0.3) is 0 Å². The standard InChI is InChI=1S/C13H18INO/c1-15-13(11-5-3-7-16-9-11)10-4-2-6-12(14)8-10/h2,4,6,8,11,13,15H,3,5,7,9H2,1H3. The van der Waals surface area contributed by atoms with E-state index in [9.17, 15) is 0 Å². The van der Waals surface area contributed by atoms with Gasteiger partial charge in [0.2, 0.25) is 0 Å². The topological polar surface area (TPSA) is 21.3 Å². The molecule has 2 rings (SSSR count). The molecule has 1 aliphatic heterocycles. The van der Waals surface area contributed by atoms with Gasteiger partial charge in [0.1, 0.15) is 0 Å². The van der Waals surface area contributed by atoms with Crippen LogP contribution in [-0.2, 0) is 4.74 Å². The van der Waals surface area contributed by atoms with Gasteiger partial charge in [0.15, 0.2) is 0 Å². The van der Waals surface area contributed by atoms with Gasteiger partial charge in [0.05, 0.1) is 6.61 Å². The number of halogens is 1. The first kappa shape index (κ1) is 12.3. The number of hydrogen-bond donors (Lipinski definition) is 1. The lowest BCUT2D eigenvalue weighted by atomic mass is 9.89. The molecule has 1 aromatic rings. The molecule has 16 heavy (non-hydrogen) atoms. The minimum absolute atomic E-state index is 0.426. The van der Waals surface area contributed by atoms with Gasteiger partial charge >= 0.3 is 0 Å². The smallest absolute Gasteiger partial charge is 0.0512 e. The Labute approximate surface area is 111 Å². The van der Waals surface area contributed by atoms with Crippen LogP contribution >= 0.6 is 22.6 Å². The van der Waals surface area contributed by atoms with Crippen molar-refractivity contribution in [3.05, 3.63) is 33.4 Å². The monoisotopic (exact) mass is 331 g/mol. The third-order valence-electron chi connectivity index (χ3n) is 3.19. The van der Waals surface area contributed by atoms with E-state index in [0.717, 1.165) is 13.2 Å². The fourth-order valence-corrected chi connectivity index (χ4v) is 2.97. The quantitative estimate of drug-likeness (QED) is 0.860. The van der Waals surface area contributed by atoms with Crippen molar-refractivity contribution in [3.63, 3.8) is 0 Å². The van der Waals surface area contributed by atoms with Crippen LogP contribution in [0.2, 0.25) is 0 Å². The lowest BCUT2D eigenvalue weighted by molar-refractivity contribution is 0.0402. The van der Waals surface area contributed by atoms with Crippen molar-refractivity contribution in [2.24, 2.45) is 5.92 Å². The lowest BCUT2D eigenvalue weighted by Crippen LogP contribution is -2.31. The summed E-state index contributed by atoms with van der Waals surface area (Å²) in [5.74, 6) is 0.608. The first-order valence-corrected chi connectivity index (χ1v) is 6.89. The molecule has 0 spiro atoms. The largest absolute Gasteiger partial charge is 0.381 e. The van der Waals surface area contributed by atoms with Crippen LogP contribution in [0.4, 0.5) is 0 Å². The van der Waals surface area contributed by atoms with E-state index in [1.54, 1.807) is 0 Å². The predicted octanol–water partition coefficient (Wildman–Crippen LogP) is 2.98. The summed E-state index contributed by atoms with van der Waals surface area (Å²) < 4.78 is 6.87. The molecule has 1 aliphatic rings. The van der Waals surface area contributed by atoms with Gasteiger partial charge in [0, 0.05) is 22.1 Å². The Morgan fingerprint density at radius 1 is 1.50 bits per heavy atom. The summed E-state index contributed by atoms with van der Waals surface area (Å²) >= 11 is 2.37. The van der Waals surface area contributed by atoms with Crippen molar-refractivity contribution in [2.75, 3.05) is 20.3 Å². The summed E-state index contributed by atoms with van der Waals surface area (Å²) in [4.78, 5) is 0. The van der Waals surface area contributed by atoms with Crippen LogP contribution in [-0.4, -0.2) is 20.3 Å². The van der Waals surface area contributed by atoms with E-state index in [4.69, 9.17) is 4.74 Å². The first-order valence-electron chi connectivity index (χ1n) is 5.81. The van der Waals surface area contributed by atoms with E-state index < -0.39 is 0 Å². The van der Waals surface area contributed by atoms with Gasteiger partial charge in [-0.05, 0) is 60.2 Å². The van der Waals surface area contributed by atoms with E-state index in [2.05, 4.69) is 52.2 Å². The van der Waals surface area contributed by atoms with E-state index in [1.807, 2.05) is 7.05 Å². The Morgan fingerprint density at radius 3 is 3.00 bits per heavy atom. The summed E-state index contributed by atoms with van der Waals surface area (Å²) in [6.07, 6.45) is 2.45. The maximum atomic E-state index is 5.57. The lowest BCUT2D eigenvalue weighted by Gasteiger charge is -2.30. The van der Waals surface area contributed by atoms with E-state index in [1.165, 1.54) is 22.0 Å². The van der Waals surface area contributed by atoms with Gasteiger partial charge in [-0.25, -0.2) is 0 Å². The van der Waals surface area contributed by atoms with Crippen LogP contribution in [0.1, 0.15) is 24.4 Å². The highest BCUT2D eigenvalue weighted by Crippen LogP contribution is 2.29. The number of nitrogens with one attached hydrogen (secondary N) is 1. The molecule has 1 aromatic carbocycles. The Kier molecular flexibility index (Phi) is 4.61. The van der Waals surface area contributed by atoms with Gasteiger partial charge in [-0.2, -0.15) is 0 Å². The zero-order valence-corrected chi connectivity index (χ0v) is 11.7. The highest BCUT2D eigenvalue weighted by molar-refractivity contribution is 14.1. The molecular formula is C13H18INO. The Balaban J connectivity index is 2.14. The summed E-state index contributed by atoms with van der Waals surface area (Å²) in [6.45, 7) is 1.82. The van der Waals surface area contributed by atoms with Crippen LogP contribution in [0.3, 0.4) is 0 Å². The molecule has 1 heterocycles. The molecule has 0 aliphatic carbocycles.